The Bertz CT molecular complexity index is 604. The van der Waals surface area contributed by atoms with Crippen molar-refractivity contribution in [1.29, 1.82) is 0 Å². The fraction of sp³-hybridized carbons (Fsp3) is 0.500. The van der Waals surface area contributed by atoms with E-state index in [1.165, 1.54) is 54.5 Å². The van der Waals surface area contributed by atoms with E-state index in [0.29, 0.717) is 0 Å². The van der Waals surface area contributed by atoms with Gasteiger partial charge in [-0.25, -0.2) is 0 Å². The molecule has 0 amide bonds. The van der Waals surface area contributed by atoms with Gasteiger partial charge >= 0.3 is 0 Å². The van der Waals surface area contributed by atoms with Gasteiger partial charge in [0.2, 0.25) is 0 Å². The molecule has 2 heterocycles. The first kappa shape index (κ1) is 13.4. The van der Waals surface area contributed by atoms with Crippen LogP contribution in [-0.2, 0) is 5.41 Å². The number of anilines is 1. The summed E-state index contributed by atoms with van der Waals surface area (Å²) >= 11 is 0. The molecule has 1 saturated heterocycles. The van der Waals surface area contributed by atoms with E-state index in [1.54, 1.807) is 0 Å². The molecule has 0 aliphatic carbocycles. The number of rotatable bonds is 1. The summed E-state index contributed by atoms with van der Waals surface area (Å²) in [5, 5.41) is 2.55. The maximum absolute atomic E-state index is 4.61. The van der Waals surface area contributed by atoms with Gasteiger partial charge in [-0.1, -0.05) is 26.8 Å². The van der Waals surface area contributed by atoms with Gasteiger partial charge in [0.05, 0.1) is 0 Å². The second-order valence-electron chi connectivity index (χ2n) is 6.90. The molecule has 0 bridgehead atoms. The van der Waals surface area contributed by atoms with E-state index in [9.17, 15) is 0 Å². The molecular weight excluding hydrogens is 244 g/mol. The van der Waals surface area contributed by atoms with Crippen molar-refractivity contribution in [3.63, 3.8) is 0 Å². The highest BCUT2D eigenvalue weighted by molar-refractivity contribution is 5.85. The van der Waals surface area contributed by atoms with Gasteiger partial charge < -0.3 is 4.90 Å². The van der Waals surface area contributed by atoms with Crippen LogP contribution in [0.2, 0.25) is 0 Å². The Kier molecular flexibility index (Phi) is 3.41. The van der Waals surface area contributed by atoms with Crippen molar-refractivity contribution in [3.8, 4) is 0 Å². The van der Waals surface area contributed by atoms with Gasteiger partial charge in [-0.3, -0.25) is 4.98 Å². The third kappa shape index (κ3) is 2.65. The molecule has 1 aliphatic rings. The molecule has 106 valence electrons. The lowest BCUT2D eigenvalue weighted by molar-refractivity contribution is 0.570. The summed E-state index contributed by atoms with van der Waals surface area (Å²) in [5.41, 5.74) is 2.64. The average Bonchev–Trinajstić information content (AvgIpc) is 2.46. The lowest BCUT2D eigenvalue weighted by atomic mass is 9.90. The minimum absolute atomic E-state index is 0.106. The van der Waals surface area contributed by atoms with Gasteiger partial charge in [-0.05, 0) is 42.8 Å². The second kappa shape index (κ2) is 5.08. The third-order valence-corrected chi connectivity index (χ3v) is 4.19. The van der Waals surface area contributed by atoms with Crippen LogP contribution in [0.3, 0.4) is 0 Å². The number of hydrogen-bond acceptors (Lipinski definition) is 2. The van der Waals surface area contributed by atoms with Crippen molar-refractivity contribution in [2.45, 2.75) is 45.4 Å². The Morgan fingerprint density at radius 2 is 1.70 bits per heavy atom. The second-order valence-corrected chi connectivity index (χ2v) is 6.90. The van der Waals surface area contributed by atoms with Crippen LogP contribution in [0, 0.1) is 0 Å². The van der Waals surface area contributed by atoms with Gasteiger partial charge in [0, 0.05) is 41.5 Å². The fourth-order valence-electron chi connectivity index (χ4n) is 2.89. The van der Waals surface area contributed by atoms with Crippen molar-refractivity contribution in [1.82, 2.24) is 4.98 Å². The van der Waals surface area contributed by atoms with Crippen LogP contribution in [0.15, 0.2) is 30.5 Å². The Morgan fingerprint density at radius 3 is 2.40 bits per heavy atom. The zero-order valence-corrected chi connectivity index (χ0v) is 12.8. The topological polar surface area (TPSA) is 16.1 Å². The summed E-state index contributed by atoms with van der Waals surface area (Å²) < 4.78 is 0. The SMILES string of the molecule is CC(C)(C)c1cc2cc(N3CCCCC3)ccc2cn1. The summed E-state index contributed by atoms with van der Waals surface area (Å²) in [6, 6.07) is 9.03. The molecule has 0 saturated carbocycles. The molecule has 0 unspecified atom stereocenters. The Morgan fingerprint density at radius 1 is 0.950 bits per heavy atom. The highest BCUT2D eigenvalue weighted by atomic mass is 15.1. The predicted octanol–water partition coefficient (Wildman–Crippen LogP) is 4.52. The zero-order valence-electron chi connectivity index (χ0n) is 12.8. The minimum Gasteiger partial charge on any atom is -0.372 e. The third-order valence-electron chi connectivity index (χ3n) is 4.19. The molecule has 2 nitrogen and oxygen atoms in total. The van der Waals surface area contributed by atoms with E-state index in [1.807, 2.05) is 6.20 Å². The summed E-state index contributed by atoms with van der Waals surface area (Å²) in [6.07, 6.45) is 6.03. The van der Waals surface area contributed by atoms with Crippen LogP contribution in [0.1, 0.15) is 45.7 Å². The molecule has 20 heavy (non-hydrogen) atoms. The van der Waals surface area contributed by atoms with E-state index in [-0.39, 0.29) is 5.41 Å². The minimum atomic E-state index is 0.106. The zero-order chi connectivity index (χ0) is 14.2. The average molecular weight is 268 g/mol. The van der Waals surface area contributed by atoms with E-state index in [4.69, 9.17) is 0 Å². The molecule has 0 atom stereocenters. The standard InChI is InChI=1S/C18H24N2/c1-18(2,3)17-12-15-11-16(8-7-14(15)13-19-17)20-9-5-4-6-10-20/h7-8,11-13H,4-6,9-10H2,1-3H3. The Balaban J connectivity index is 2.00. The maximum atomic E-state index is 4.61. The monoisotopic (exact) mass is 268 g/mol. The van der Waals surface area contributed by atoms with Gasteiger partial charge in [0.25, 0.3) is 0 Å². The Hall–Kier alpha value is -1.57. The van der Waals surface area contributed by atoms with Crippen LogP contribution >= 0.6 is 0 Å². The molecule has 1 aromatic heterocycles. The van der Waals surface area contributed by atoms with Crippen molar-refractivity contribution in [2.75, 3.05) is 18.0 Å². The molecule has 1 aromatic carbocycles. The van der Waals surface area contributed by atoms with Crippen LogP contribution < -0.4 is 4.90 Å². The van der Waals surface area contributed by atoms with Crippen molar-refractivity contribution in [2.24, 2.45) is 0 Å². The molecule has 1 fully saturated rings. The molecule has 1 aliphatic heterocycles. The summed E-state index contributed by atoms with van der Waals surface area (Å²) in [4.78, 5) is 7.12. The number of piperidine rings is 1. The maximum Gasteiger partial charge on any atom is 0.0463 e. The summed E-state index contributed by atoms with van der Waals surface area (Å²) in [5.74, 6) is 0. The van der Waals surface area contributed by atoms with Gasteiger partial charge in [0.1, 0.15) is 0 Å². The van der Waals surface area contributed by atoms with Gasteiger partial charge in [0.15, 0.2) is 0 Å². The number of nitrogens with zero attached hydrogens (tertiary/aromatic N) is 2. The van der Waals surface area contributed by atoms with E-state index < -0.39 is 0 Å². The smallest absolute Gasteiger partial charge is 0.0463 e. The number of aromatic nitrogens is 1. The largest absolute Gasteiger partial charge is 0.372 e. The van der Waals surface area contributed by atoms with Crippen molar-refractivity contribution >= 4 is 16.5 Å². The first-order valence-corrected chi connectivity index (χ1v) is 7.69. The molecule has 0 spiro atoms. The molecule has 2 heteroatoms. The lowest BCUT2D eigenvalue weighted by Crippen LogP contribution is -2.29. The number of hydrogen-bond donors (Lipinski definition) is 0. The molecule has 2 aromatic rings. The van der Waals surface area contributed by atoms with Crippen LogP contribution in [0.5, 0.6) is 0 Å². The van der Waals surface area contributed by atoms with E-state index in [2.05, 4.69) is 54.9 Å². The van der Waals surface area contributed by atoms with Crippen molar-refractivity contribution < 1.29 is 0 Å². The summed E-state index contributed by atoms with van der Waals surface area (Å²) in [6.45, 7) is 9.05. The Labute approximate surface area is 121 Å². The molecular formula is C18H24N2. The summed E-state index contributed by atoms with van der Waals surface area (Å²) in [7, 11) is 0. The first-order valence-electron chi connectivity index (χ1n) is 7.69. The van der Waals surface area contributed by atoms with Gasteiger partial charge in [-0.2, -0.15) is 0 Å². The van der Waals surface area contributed by atoms with Gasteiger partial charge in [-0.15, -0.1) is 0 Å². The number of fused-ring (bicyclic) bond motifs is 1. The van der Waals surface area contributed by atoms with E-state index >= 15 is 0 Å². The normalized spacial score (nSPS) is 16.6. The first-order chi connectivity index (χ1) is 9.54. The highest BCUT2D eigenvalue weighted by Crippen LogP contribution is 2.28. The fourth-order valence-corrected chi connectivity index (χ4v) is 2.89. The number of pyridine rings is 1. The van der Waals surface area contributed by atoms with E-state index in [0.717, 1.165) is 0 Å². The quantitative estimate of drug-likeness (QED) is 0.755. The van der Waals surface area contributed by atoms with Crippen LogP contribution in [0.4, 0.5) is 5.69 Å². The predicted molar refractivity (Wildman–Crippen MR) is 86.5 cm³/mol. The molecule has 0 N–H and O–H groups in total. The number of benzene rings is 1. The van der Waals surface area contributed by atoms with Crippen molar-refractivity contribution in [3.05, 3.63) is 36.2 Å². The van der Waals surface area contributed by atoms with Crippen LogP contribution in [0.25, 0.3) is 10.8 Å². The van der Waals surface area contributed by atoms with Crippen LogP contribution in [-0.4, -0.2) is 18.1 Å². The highest BCUT2D eigenvalue weighted by Gasteiger charge is 2.16. The molecule has 0 radical (unpaired) electrons. The lowest BCUT2D eigenvalue weighted by Gasteiger charge is -2.29. The molecule has 3 rings (SSSR count).